The fourth-order valence-corrected chi connectivity index (χ4v) is 2.09. The van der Waals surface area contributed by atoms with Gasteiger partial charge in [-0.1, -0.05) is 13.0 Å². The van der Waals surface area contributed by atoms with Crippen molar-refractivity contribution in [3.05, 3.63) is 29.3 Å². The predicted octanol–water partition coefficient (Wildman–Crippen LogP) is 2.69. The maximum Gasteiger partial charge on any atom is 0.221 e. The second-order valence-corrected chi connectivity index (χ2v) is 4.03. The lowest BCUT2D eigenvalue weighted by molar-refractivity contribution is -0.114. The minimum atomic E-state index is -0.00407. The van der Waals surface area contributed by atoms with Crippen LogP contribution in [0, 0.1) is 0 Å². The maximum absolute atomic E-state index is 10.9. The molecule has 0 spiro atoms. The molecule has 0 aliphatic heterocycles. The Hall–Kier alpha value is -1.31. The molecule has 1 unspecified atom stereocenters. The molecule has 1 amide bonds. The van der Waals surface area contributed by atoms with E-state index in [-0.39, 0.29) is 5.91 Å². The number of nitrogens with one attached hydrogen (secondary N) is 1. The van der Waals surface area contributed by atoms with Crippen LogP contribution in [-0.2, 0) is 11.2 Å². The van der Waals surface area contributed by atoms with Gasteiger partial charge in [-0.05, 0) is 42.0 Å². The van der Waals surface area contributed by atoms with Crippen LogP contribution < -0.4 is 5.32 Å². The zero-order chi connectivity index (χ0) is 10.1. The largest absolute Gasteiger partial charge is 0.326 e. The highest BCUT2D eigenvalue weighted by molar-refractivity contribution is 5.88. The average molecular weight is 189 g/mol. The van der Waals surface area contributed by atoms with E-state index in [1.807, 2.05) is 6.07 Å². The number of carbonyl (C=O) groups is 1. The minimum Gasteiger partial charge on any atom is -0.326 e. The molecule has 1 aromatic rings. The molecule has 14 heavy (non-hydrogen) atoms. The number of amides is 1. The molecule has 0 saturated carbocycles. The van der Waals surface area contributed by atoms with Crippen molar-refractivity contribution in [3.63, 3.8) is 0 Å². The molecule has 1 aromatic carbocycles. The first kappa shape index (κ1) is 9.25. The van der Waals surface area contributed by atoms with Crippen molar-refractivity contribution in [1.82, 2.24) is 0 Å². The summed E-state index contributed by atoms with van der Waals surface area (Å²) in [5, 5.41) is 2.82. The van der Waals surface area contributed by atoms with E-state index in [1.54, 1.807) is 0 Å². The number of rotatable bonds is 1. The quantitative estimate of drug-likeness (QED) is 0.723. The Balaban J connectivity index is 2.30. The highest BCUT2D eigenvalue weighted by Crippen LogP contribution is 2.34. The number of fused-ring (bicyclic) bond motifs is 1. The van der Waals surface area contributed by atoms with Crippen molar-refractivity contribution in [2.45, 2.75) is 32.6 Å². The van der Waals surface area contributed by atoms with Gasteiger partial charge in [0, 0.05) is 12.6 Å². The van der Waals surface area contributed by atoms with Crippen LogP contribution in [0.1, 0.15) is 37.3 Å². The molecule has 0 heterocycles. The number of carbonyl (C=O) groups excluding carboxylic acids is 1. The maximum atomic E-state index is 10.9. The van der Waals surface area contributed by atoms with Gasteiger partial charge in [-0.2, -0.15) is 0 Å². The molecule has 2 heteroatoms. The SMILES string of the molecule is CC(=O)Nc1ccc2c(c1)C(C)CC2. The Morgan fingerprint density at radius 3 is 3.00 bits per heavy atom. The molecule has 0 aromatic heterocycles. The van der Waals surface area contributed by atoms with Gasteiger partial charge < -0.3 is 5.32 Å². The molecule has 0 bridgehead atoms. The summed E-state index contributed by atoms with van der Waals surface area (Å²) in [5.74, 6) is 0.634. The summed E-state index contributed by atoms with van der Waals surface area (Å²) < 4.78 is 0. The Labute approximate surface area is 84.3 Å². The predicted molar refractivity (Wildman–Crippen MR) is 57.5 cm³/mol. The first-order valence-corrected chi connectivity index (χ1v) is 5.07. The smallest absolute Gasteiger partial charge is 0.221 e. The number of anilines is 1. The molecular weight excluding hydrogens is 174 g/mol. The van der Waals surface area contributed by atoms with Crippen LogP contribution >= 0.6 is 0 Å². The average Bonchev–Trinajstić information content (AvgIpc) is 2.47. The Kier molecular flexibility index (Phi) is 2.28. The van der Waals surface area contributed by atoms with E-state index in [4.69, 9.17) is 0 Å². The molecule has 1 aliphatic rings. The van der Waals surface area contributed by atoms with Gasteiger partial charge in [0.2, 0.25) is 5.91 Å². The molecular formula is C12H15NO. The fourth-order valence-electron chi connectivity index (χ4n) is 2.09. The van der Waals surface area contributed by atoms with E-state index in [2.05, 4.69) is 24.4 Å². The third-order valence-corrected chi connectivity index (χ3v) is 2.84. The van der Waals surface area contributed by atoms with E-state index in [9.17, 15) is 4.79 Å². The van der Waals surface area contributed by atoms with Crippen molar-refractivity contribution < 1.29 is 4.79 Å². The van der Waals surface area contributed by atoms with Gasteiger partial charge in [0.15, 0.2) is 0 Å². The summed E-state index contributed by atoms with van der Waals surface area (Å²) in [4.78, 5) is 10.9. The van der Waals surface area contributed by atoms with Crippen LogP contribution in [0.3, 0.4) is 0 Å². The lowest BCUT2D eigenvalue weighted by Gasteiger charge is -2.07. The van der Waals surface area contributed by atoms with Gasteiger partial charge >= 0.3 is 0 Å². The normalized spacial score (nSPS) is 19.1. The van der Waals surface area contributed by atoms with E-state index < -0.39 is 0 Å². The lowest BCUT2D eigenvalue weighted by atomic mass is 10.0. The highest BCUT2D eigenvalue weighted by Gasteiger charge is 2.18. The summed E-state index contributed by atoms with van der Waals surface area (Å²) in [5.41, 5.74) is 3.76. The Bertz CT molecular complexity index is 371. The summed E-state index contributed by atoms with van der Waals surface area (Å²) in [7, 11) is 0. The summed E-state index contributed by atoms with van der Waals surface area (Å²) in [6.45, 7) is 3.78. The van der Waals surface area contributed by atoms with Gasteiger partial charge in [-0.15, -0.1) is 0 Å². The van der Waals surface area contributed by atoms with Crippen LogP contribution in [-0.4, -0.2) is 5.91 Å². The standard InChI is InChI=1S/C12H15NO/c1-8-3-4-10-5-6-11(7-12(8)10)13-9(2)14/h5-8H,3-4H2,1-2H3,(H,13,14). The second kappa shape index (κ2) is 3.45. The van der Waals surface area contributed by atoms with Crippen molar-refractivity contribution in [1.29, 1.82) is 0 Å². The van der Waals surface area contributed by atoms with Gasteiger partial charge in [0.1, 0.15) is 0 Å². The van der Waals surface area contributed by atoms with Gasteiger partial charge in [0.05, 0.1) is 0 Å². The van der Waals surface area contributed by atoms with E-state index in [0.717, 1.165) is 5.69 Å². The lowest BCUT2D eigenvalue weighted by Crippen LogP contribution is -2.06. The third-order valence-electron chi connectivity index (χ3n) is 2.84. The molecule has 1 aliphatic carbocycles. The highest BCUT2D eigenvalue weighted by atomic mass is 16.1. The van der Waals surface area contributed by atoms with Crippen LogP contribution in [0.4, 0.5) is 5.69 Å². The summed E-state index contributed by atoms with van der Waals surface area (Å²) in [6, 6.07) is 6.22. The van der Waals surface area contributed by atoms with Crippen LogP contribution in [0.15, 0.2) is 18.2 Å². The molecule has 74 valence electrons. The zero-order valence-corrected chi connectivity index (χ0v) is 8.63. The van der Waals surface area contributed by atoms with Crippen LogP contribution in [0.25, 0.3) is 0 Å². The van der Waals surface area contributed by atoms with Crippen molar-refractivity contribution >= 4 is 11.6 Å². The van der Waals surface area contributed by atoms with Gasteiger partial charge in [-0.3, -0.25) is 4.79 Å². The van der Waals surface area contributed by atoms with Crippen molar-refractivity contribution in [3.8, 4) is 0 Å². The van der Waals surface area contributed by atoms with E-state index >= 15 is 0 Å². The number of aryl methyl sites for hydroxylation is 1. The molecule has 2 nitrogen and oxygen atoms in total. The Morgan fingerprint density at radius 1 is 1.50 bits per heavy atom. The summed E-state index contributed by atoms with van der Waals surface area (Å²) >= 11 is 0. The van der Waals surface area contributed by atoms with Crippen LogP contribution in [0.5, 0.6) is 0 Å². The van der Waals surface area contributed by atoms with Gasteiger partial charge in [-0.25, -0.2) is 0 Å². The zero-order valence-electron chi connectivity index (χ0n) is 8.63. The topological polar surface area (TPSA) is 29.1 Å². The number of hydrogen-bond donors (Lipinski definition) is 1. The molecule has 1 atom stereocenters. The minimum absolute atomic E-state index is 0.00407. The first-order chi connectivity index (χ1) is 6.66. The molecule has 0 radical (unpaired) electrons. The number of benzene rings is 1. The first-order valence-electron chi connectivity index (χ1n) is 5.07. The van der Waals surface area contributed by atoms with Crippen LogP contribution in [0.2, 0.25) is 0 Å². The van der Waals surface area contributed by atoms with E-state index in [0.29, 0.717) is 5.92 Å². The monoisotopic (exact) mass is 189 g/mol. The van der Waals surface area contributed by atoms with Gasteiger partial charge in [0.25, 0.3) is 0 Å². The second-order valence-electron chi connectivity index (χ2n) is 4.03. The fraction of sp³-hybridized carbons (Fsp3) is 0.417. The van der Waals surface area contributed by atoms with Crippen molar-refractivity contribution in [2.24, 2.45) is 0 Å². The van der Waals surface area contributed by atoms with E-state index in [1.165, 1.54) is 30.9 Å². The Morgan fingerprint density at radius 2 is 2.29 bits per heavy atom. The third kappa shape index (κ3) is 1.65. The molecule has 0 saturated heterocycles. The molecule has 2 rings (SSSR count). The number of hydrogen-bond acceptors (Lipinski definition) is 1. The molecule has 1 N–H and O–H groups in total. The van der Waals surface area contributed by atoms with Crippen molar-refractivity contribution in [2.75, 3.05) is 5.32 Å². The molecule has 0 fully saturated rings. The summed E-state index contributed by atoms with van der Waals surface area (Å²) in [6.07, 6.45) is 2.41.